The van der Waals surface area contributed by atoms with E-state index in [0.29, 0.717) is 6.67 Å². The van der Waals surface area contributed by atoms with Gasteiger partial charge in [0.05, 0.1) is 4.99 Å². The summed E-state index contributed by atoms with van der Waals surface area (Å²) >= 11 is 0. The summed E-state index contributed by atoms with van der Waals surface area (Å²) in [6.07, 6.45) is 2.74. The average Bonchev–Trinajstić information content (AvgIpc) is 1.72. The monoisotopic (exact) mass is 84.0 g/mol. The molecule has 0 saturated heterocycles. The van der Waals surface area contributed by atoms with E-state index in [4.69, 9.17) is 0 Å². The summed E-state index contributed by atoms with van der Waals surface area (Å²) in [5.41, 5.74) is 0. The Kier molecular flexibility index (Phi) is 0.859. The standard InChI is InChI=1S/C3H4N2O/c1-4-2-6-3-5-1/h2-3H,1H2/q+1. The van der Waals surface area contributed by atoms with E-state index in [1.807, 2.05) is 0 Å². The molecular formula is C3H4N2O+. The number of hydrogen-bond donors (Lipinski definition) is 0. The highest BCUT2D eigenvalue weighted by molar-refractivity contribution is 5.64. The molecule has 0 amide bonds. The van der Waals surface area contributed by atoms with Gasteiger partial charge in [0.2, 0.25) is 0 Å². The fourth-order valence-corrected chi connectivity index (χ4v) is 0.227. The molecule has 0 aromatic heterocycles. The molecule has 0 spiro atoms. The summed E-state index contributed by atoms with van der Waals surface area (Å²) in [5, 5.41) is 0. The zero-order valence-corrected chi connectivity index (χ0v) is 3.16. The van der Waals surface area contributed by atoms with Gasteiger partial charge in [-0.15, -0.1) is 0 Å². The topological polar surface area (TPSA) is 35.7 Å². The highest BCUT2D eigenvalue weighted by atomic mass is 16.5. The van der Waals surface area contributed by atoms with E-state index >= 15 is 0 Å². The zero-order valence-electron chi connectivity index (χ0n) is 3.16. The number of nitrogens with zero attached hydrogens (tertiary/aromatic N) is 2. The average molecular weight is 84.1 g/mol. The first-order valence-corrected chi connectivity index (χ1v) is 1.62. The summed E-state index contributed by atoms with van der Waals surface area (Å²) < 4.78 is 4.49. The number of ether oxygens (including phenoxy) is 1. The van der Waals surface area contributed by atoms with Crippen LogP contribution in [-0.4, -0.2) is 19.5 Å². The van der Waals surface area contributed by atoms with Crippen molar-refractivity contribution in [2.45, 2.75) is 0 Å². The van der Waals surface area contributed by atoms with Crippen LogP contribution in [-0.2, 0) is 4.74 Å². The Morgan fingerprint density at radius 1 is 1.83 bits per heavy atom. The van der Waals surface area contributed by atoms with Crippen LogP contribution in [0.1, 0.15) is 0 Å². The molecule has 1 rings (SSSR count). The lowest BCUT2D eigenvalue weighted by Crippen LogP contribution is -2.02. The van der Waals surface area contributed by atoms with E-state index in [1.54, 1.807) is 0 Å². The van der Waals surface area contributed by atoms with E-state index in [2.05, 4.69) is 14.7 Å². The molecule has 1 aliphatic heterocycles. The maximum Gasteiger partial charge on any atom is 0.399 e. The number of aliphatic imine (C=N–C) groups is 2. The maximum absolute atomic E-state index is 4.49. The van der Waals surface area contributed by atoms with Crippen LogP contribution in [0.3, 0.4) is 0 Å². The van der Waals surface area contributed by atoms with Gasteiger partial charge in [-0.2, -0.15) is 4.99 Å². The molecule has 0 saturated carbocycles. The Labute approximate surface area is 35.4 Å². The molecule has 0 aromatic rings. The molecule has 0 N–H and O–H groups in total. The molecular weight excluding hydrogens is 80.0 g/mol. The largest absolute Gasteiger partial charge is 0.399 e. The predicted octanol–water partition coefficient (Wildman–Crippen LogP) is -0.633. The van der Waals surface area contributed by atoms with E-state index < -0.39 is 0 Å². The molecule has 1 aliphatic rings. The van der Waals surface area contributed by atoms with Crippen LogP contribution < -0.4 is 4.99 Å². The van der Waals surface area contributed by atoms with Crippen molar-refractivity contribution in [1.29, 1.82) is 0 Å². The molecule has 0 aromatic carbocycles. The quantitative estimate of drug-likeness (QED) is 0.384. The van der Waals surface area contributed by atoms with Crippen LogP contribution in [0.25, 0.3) is 0 Å². The molecule has 1 heterocycles. The van der Waals surface area contributed by atoms with E-state index in [0.717, 1.165) is 0 Å². The SMILES string of the molecule is C1=NC[N+]=CO1. The first-order chi connectivity index (χ1) is 3.00. The molecule has 0 atom stereocenters. The highest BCUT2D eigenvalue weighted by Gasteiger charge is 1.91. The fourth-order valence-electron chi connectivity index (χ4n) is 0.227. The third-order valence-electron chi connectivity index (χ3n) is 0.434. The van der Waals surface area contributed by atoms with Gasteiger partial charge in [0.15, 0.2) is 6.40 Å². The predicted molar refractivity (Wildman–Crippen MR) is 22.6 cm³/mol. The van der Waals surface area contributed by atoms with Gasteiger partial charge < -0.3 is 4.74 Å². The van der Waals surface area contributed by atoms with Gasteiger partial charge in [-0.25, -0.2) is 0 Å². The second-order valence-corrected chi connectivity index (χ2v) is 0.853. The minimum absolute atomic E-state index is 0.514. The fraction of sp³-hybridized carbons (Fsp3) is 0.333. The lowest BCUT2D eigenvalue weighted by Gasteiger charge is -1.79. The third kappa shape index (κ3) is 0.544. The Morgan fingerprint density at radius 2 is 2.83 bits per heavy atom. The van der Waals surface area contributed by atoms with Crippen molar-refractivity contribution in [2.75, 3.05) is 6.67 Å². The van der Waals surface area contributed by atoms with Gasteiger partial charge in [-0.05, 0) is 0 Å². The van der Waals surface area contributed by atoms with Crippen molar-refractivity contribution < 1.29 is 4.74 Å². The zero-order chi connectivity index (χ0) is 4.24. The second kappa shape index (κ2) is 1.55. The third-order valence-corrected chi connectivity index (χ3v) is 0.434. The highest BCUT2D eigenvalue weighted by Crippen LogP contribution is 1.65. The summed E-state index contributed by atoms with van der Waals surface area (Å²) in [6.45, 7) is 0.514. The summed E-state index contributed by atoms with van der Waals surface area (Å²) in [5.74, 6) is 0. The van der Waals surface area contributed by atoms with E-state index in [-0.39, 0.29) is 0 Å². The minimum Gasteiger partial charge on any atom is -0.395 e. The lowest BCUT2D eigenvalue weighted by atomic mass is 11.0. The van der Waals surface area contributed by atoms with Crippen LogP contribution in [0.2, 0.25) is 0 Å². The van der Waals surface area contributed by atoms with Crippen LogP contribution in [0.4, 0.5) is 0 Å². The maximum atomic E-state index is 4.49. The first kappa shape index (κ1) is 3.33. The summed E-state index contributed by atoms with van der Waals surface area (Å²) in [6, 6.07) is 0. The molecule has 0 aliphatic carbocycles. The van der Waals surface area contributed by atoms with Crippen LogP contribution in [0.5, 0.6) is 0 Å². The molecule has 31 valence electrons. The van der Waals surface area contributed by atoms with Crippen LogP contribution in [0, 0.1) is 0 Å². The molecule has 1 radical (unpaired) electrons. The number of hydrogen-bond acceptors (Lipinski definition) is 3. The Balaban J connectivity index is 2.40. The van der Waals surface area contributed by atoms with Crippen molar-refractivity contribution in [3.63, 3.8) is 0 Å². The van der Waals surface area contributed by atoms with Crippen molar-refractivity contribution in [1.82, 2.24) is 4.99 Å². The summed E-state index contributed by atoms with van der Waals surface area (Å²) in [4.78, 5) is 7.26. The number of rotatable bonds is 0. The van der Waals surface area contributed by atoms with Crippen LogP contribution >= 0.6 is 0 Å². The lowest BCUT2D eigenvalue weighted by molar-refractivity contribution is 0.562. The normalized spacial score (nSPS) is 17.3. The van der Waals surface area contributed by atoms with Gasteiger partial charge in [0.25, 0.3) is 0 Å². The van der Waals surface area contributed by atoms with Crippen LogP contribution in [0.15, 0.2) is 4.99 Å². The van der Waals surface area contributed by atoms with Crippen molar-refractivity contribution in [3.05, 3.63) is 0 Å². The Hall–Kier alpha value is -0.860. The molecule has 0 unspecified atom stereocenters. The second-order valence-electron chi connectivity index (χ2n) is 0.853. The molecule has 0 bridgehead atoms. The Morgan fingerprint density at radius 3 is 3.00 bits per heavy atom. The van der Waals surface area contributed by atoms with Crippen molar-refractivity contribution in [2.24, 2.45) is 4.99 Å². The van der Waals surface area contributed by atoms with Crippen molar-refractivity contribution >= 4 is 12.8 Å². The Bertz CT molecular complexity index is 66.8. The molecule has 3 heteroatoms. The molecule has 0 fully saturated rings. The van der Waals surface area contributed by atoms with Gasteiger partial charge in [0.1, 0.15) is 0 Å². The van der Waals surface area contributed by atoms with Gasteiger partial charge >= 0.3 is 13.1 Å². The van der Waals surface area contributed by atoms with E-state index in [9.17, 15) is 0 Å². The minimum atomic E-state index is 0.514. The van der Waals surface area contributed by atoms with Gasteiger partial charge in [-0.1, -0.05) is 0 Å². The molecule has 6 heavy (non-hydrogen) atoms. The van der Waals surface area contributed by atoms with Crippen molar-refractivity contribution in [3.8, 4) is 0 Å². The van der Waals surface area contributed by atoms with E-state index in [1.165, 1.54) is 12.8 Å². The van der Waals surface area contributed by atoms with Gasteiger partial charge in [0, 0.05) is 0 Å². The molecule has 3 nitrogen and oxygen atoms in total. The smallest absolute Gasteiger partial charge is 0.395 e. The first-order valence-electron chi connectivity index (χ1n) is 1.62. The summed E-state index contributed by atoms with van der Waals surface area (Å²) in [7, 11) is 0. The van der Waals surface area contributed by atoms with Gasteiger partial charge in [-0.3, -0.25) is 0 Å².